The highest BCUT2D eigenvalue weighted by molar-refractivity contribution is 7.91. The average Bonchev–Trinajstić information content (AvgIpc) is 2.54. The van der Waals surface area contributed by atoms with Crippen molar-refractivity contribution in [3.8, 4) is 0 Å². The van der Waals surface area contributed by atoms with Crippen molar-refractivity contribution >= 4 is 21.2 Å². The van der Waals surface area contributed by atoms with E-state index in [9.17, 15) is 28.6 Å². The van der Waals surface area contributed by atoms with Gasteiger partial charge in [-0.25, -0.2) is 8.42 Å². The van der Waals surface area contributed by atoms with Gasteiger partial charge in [0.15, 0.2) is 0 Å². The Morgan fingerprint density at radius 1 is 0.917 bits per heavy atom. The molecule has 9 heteroatoms. The number of non-ortho nitro benzene ring substituents is 1. The molecule has 0 aliphatic heterocycles. The lowest BCUT2D eigenvalue weighted by atomic mass is 10.0. The number of hydrogen-bond donors (Lipinski definition) is 0. The first kappa shape index (κ1) is 17.5. The molecule has 2 rings (SSSR count). The Bertz CT molecular complexity index is 904. The van der Waals surface area contributed by atoms with Crippen molar-refractivity contribution in [1.82, 2.24) is 0 Å². The molecule has 0 amide bonds. The molecule has 2 aromatic carbocycles. The summed E-state index contributed by atoms with van der Waals surface area (Å²) < 4.78 is 25.3. The Kier molecular flexibility index (Phi) is 4.65. The lowest BCUT2D eigenvalue weighted by Gasteiger charge is -2.08. The van der Waals surface area contributed by atoms with Crippen LogP contribution in [0.25, 0.3) is 0 Å². The Labute approximate surface area is 138 Å². The predicted molar refractivity (Wildman–Crippen MR) is 85.7 cm³/mol. The summed E-state index contributed by atoms with van der Waals surface area (Å²) >= 11 is 0. The van der Waals surface area contributed by atoms with E-state index in [2.05, 4.69) is 0 Å². The minimum absolute atomic E-state index is 0.108. The highest BCUT2D eigenvalue weighted by Gasteiger charge is 2.29. The molecule has 126 valence electrons. The zero-order valence-corrected chi connectivity index (χ0v) is 13.7. The molecule has 24 heavy (non-hydrogen) atoms. The topological polar surface area (TPSA) is 120 Å². The third-order valence-corrected chi connectivity index (χ3v) is 5.31. The fourth-order valence-corrected chi connectivity index (χ4v) is 3.55. The molecule has 8 nitrogen and oxygen atoms in total. The quantitative estimate of drug-likeness (QED) is 0.601. The summed E-state index contributed by atoms with van der Waals surface area (Å²) in [5.74, 6) is 0.204. The third-order valence-electron chi connectivity index (χ3n) is 3.50. The van der Waals surface area contributed by atoms with Gasteiger partial charge >= 0.3 is 0 Å². The van der Waals surface area contributed by atoms with Crippen LogP contribution in [0.15, 0.2) is 52.3 Å². The summed E-state index contributed by atoms with van der Waals surface area (Å²) in [7, 11) is -4.16. The highest BCUT2D eigenvalue weighted by Crippen LogP contribution is 2.32. The second-order valence-corrected chi connectivity index (χ2v) is 7.31. The summed E-state index contributed by atoms with van der Waals surface area (Å²) in [4.78, 5) is 19.4. The van der Waals surface area contributed by atoms with Gasteiger partial charge < -0.3 is 0 Å². The molecule has 0 bridgehead atoms. The maximum atomic E-state index is 12.6. The molecule has 0 aliphatic rings. The van der Waals surface area contributed by atoms with Gasteiger partial charge in [0.1, 0.15) is 4.90 Å². The van der Waals surface area contributed by atoms with Crippen LogP contribution in [-0.4, -0.2) is 18.3 Å². The average molecular weight is 350 g/mol. The fourth-order valence-electron chi connectivity index (χ4n) is 2.15. The number of nitro benzene ring substituents is 2. The molecule has 0 spiro atoms. The molecule has 0 atom stereocenters. The second-order valence-electron chi connectivity index (χ2n) is 5.39. The number of nitrogens with zero attached hydrogens (tertiary/aromatic N) is 2. The zero-order chi connectivity index (χ0) is 18.1. The van der Waals surface area contributed by atoms with E-state index in [1.807, 2.05) is 13.8 Å². The van der Waals surface area contributed by atoms with Gasteiger partial charge in [-0.1, -0.05) is 26.0 Å². The van der Waals surface area contributed by atoms with Crippen LogP contribution in [0, 0.1) is 20.2 Å². The second kappa shape index (κ2) is 6.36. The molecule has 0 radical (unpaired) electrons. The highest BCUT2D eigenvalue weighted by atomic mass is 32.2. The van der Waals surface area contributed by atoms with Crippen molar-refractivity contribution in [2.45, 2.75) is 29.6 Å². The van der Waals surface area contributed by atoms with Crippen molar-refractivity contribution in [2.75, 3.05) is 0 Å². The standard InChI is InChI=1S/C15H14N2O6S/c1-10(2)11-3-6-13(7-4-11)24(22,23)15-8-5-12(16(18)19)9-14(15)17(20)21/h3-10H,1-2H3. The molecule has 0 heterocycles. The van der Waals surface area contributed by atoms with E-state index in [4.69, 9.17) is 0 Å². The predicted octanol–water partition coefficient (Wildman–Crippen LogP) is 3.46. The van der Waals surface area contributed by atoms with Gasteiger partial charge in [-0.05, 0) is 29.7 Å². The van der Waals surface area contributed by atoms with E-state index in [1.165, 1.54) is 12.1 Å². The van der Waals surface area contributed by atoms with Crippen LogP contribution < -0.4 is 0 Å². The Morgan fingerprint density at radius 2 is 1.50 bits per heavy atom. The summed E-state index contributed by atoms with van der Waals surface area (Å²) in [6.45, 7) is 3.90. The summed E-state index contributed by atoms with van der Waals surface area (Å²) in [6.07, 6.45) is 0. The normalized spacial score (nSPS) is 11.5. The van der Waals surface area contributed by atoms with Gasteiger partial charge in [0.25, 0.3) is 11.4 Å². The number of hydrogen-bond acceptors (Lipinski definition) is 6. The van der Waals surface area contributed by atoms with E-state index in [-0.39, 0.29) is 10.8 Å². The number of nitro groups is 2. The van der Waals surface area contributed by atoms with Crippen LogP contribution in [0.4, 0.5) is 11.4 Å². The first-order chi connectivity index (χ1) is 11.1. The summed E-state index contributed by atoms with van der Waals surface area (Å²) in [5, 5.41) is 21.9. The molecule has 0 saturated carbocycles. The van der Waals surface area contributed by atoms with Crippen molar-refractivity contribution < 1.29 is 18.3 Å². The van der Waals surface area contributed by atoms with Gasteiger partial charge in [-0.15, -0.1) is 0 Å². The SMILES string of the molecule is CC(C)c1ccc(S(=O)(=O)c2ccc([N+](=O)[O-])cc2[N+](=O)[O-])cc1. The zero-order valence-electron chi connectivity index (χ0n) is 12.9. The summed E-state index contributed by atoms with van der Waals surface area (Å²) in [5.41, 5.74) is -0.444. The molecular weight excluding hydrogens is 336 g/mol. The van der Waals surface area contributed by atoms with E-state index in [0.717, 1.165) is 17.7 Å². The monoisotopic (exact) mass is 350 g/mol. The molecule has 0 aromatic heterocycles. The van der Waals surface area contributed by atoms with Crippen molar-refractivity contribution in [3.05, 3.63) is 68.3 Å². The maximum absolute atomic E-state index is 12.6. The van der Waals surface area contributed by atoms with Crippen molar-refractivity contribution in [2.24, 2.45) is 0 Å². The molecule has 0 fully saturated rings. The molecular formula is C15H14N2O6S. The van der Waals surface area contributed by atoms with Crippen LogP contribution in [0.2, 0.25) is 0 Å². The first-order valence-electron chi connectivity index (χ1n) is 6.92. The fraction of sp³-hybridized carbons (Fsp3) is 0.200. The van der Waals surface area contributed by atoms with E-state index in [0.29, 0.717) is 6.07 Å². The van der Waals surface area contributed by atoms with E-state index >= 15 is 0 Å². The van der Waals surface area contributed by atoms with Crippen LogP contribution in [0.5, 0.6) is 0 Å². The van der Waals surface area contributed by atoms with Crippen LogP contribution in [0.1, 0.15) is 25.3 Å². The maximum Gasteiger partial charge on any atom is 0.295 e. The number of rotatable bonds is 5. The van der Waals surface area contributed by atoms with Crippen molar-refractivity contribution in [3.63, 3.8) is 0 Å². The Hall–Kier alpha value is -2.81. The first-order valence-corrected chi connectivity index (χ1v) is 8.41. The Morgan fingerprint density at radius 3 is 1.96 bits per heavy atom. The van der Waals surface area contributed by atoms with E-state index < -0.39 is 36.0 Å². The van der Waals surface area contributed by atoms with Gasteiger partial charge in [0.2, 0.25) is 9.84 Å². The Balaban J connectivity index is 2.60. The minimum Gasteiger partial charge on any atom is -0.258 e. The molecule has 0 aliphatic carbocycles. The van der Waals surface area contributed by atoms with Crippen LogP contribution >= 0.6 is 0 Å². The molecule has 0 N–H and O–H groups in total. The number of sulfone groups is 1. The van der Waals surface area contributed by atoms with Crippen molar-refractivity contribution in [1.29, 1.82) is 0 Å². The van der Waals surface area contributed by atoms with Gasteiger partial charge in [0.05, 0.1) is 20.8 Å². The molecule has 0 saturated heterocycles. The van der Waals surface area contributed by atoms with Gasteiger partial charge in [-0.3, -0.25) is 20.2 Å². The lowest BCUT2D eigenvalue weighted by molar-refractivity contribution is -0.396. The van der Waals surface area contributed by atoms with Gasteiger partial charge in [0, 0.05) is 6.07 Å². The number of benzene rings is 2. The third kappa shape index (κ3) is 3.25. The largest absolute Gasteiger partial charge is 0.295 e. The van der Waals surface area contributed by atoms with Crippen LogP contribution in [0.3, 0.4) is 0 Å². The molecule has 0 unspecified atom stereocenters. The smallest absolute Gasteiger partial charge is 0.258 e. The summed E-state index contributed by atoms with van der Waals surface area (Å²) in [6, 6.07) is 8.48. The minimum atomic E-state index is -4.16. The molecule has 2 aromatic rings. The van der Waals surface area contributed by atoms with Gasteiger partial charge in [-0.2, -0.15) is 0 Å². The van der Waals surface area contributed by atoms with Crippen LogP contribution in [-0.2, 0) is 9.84 Å². The van der Waals surface area contributed by atoms with E-state index in [1.54, 1.807) is 12.1 Å². The lowest BCUT2D eigenvalue weighted by Crippen LogP contribution is -2.06.